The summed E-state index contributed by atoms with van der Waals surface area (Å²) >= 11 is 0. The van der Waals surface area contributed by atoms with E-state index in [1.165, 1.54) is 6.07 Å². The summed E-state index contributed by atoms with van der Waals surface area (Å²) in [6.45, 7) is 1.95. The molecule has 1 N–H and O–H groups in total. The summed E-state index contributed by atoms with van der Waals surface area (Å²) < 4.78 is 0. The fraction of sp³-hybridized carbons (Fsp3) is 0.0556. The molecule has 0 unspecified atom stereocenters. The number of aryl methyl sites for hydroxylation is 1. The maximum atomic E-state index is 11.0. The first-order valence-corrected chi connectivity index (χ1v) is 7.07. The first-order chi connectivity index (χ1) is 11.1. The summed E-state index contributed by atoms with van der Waals surface area (Å²) in [7, 11) is 0. The van der Waals surface area contributed by atoms with Gasteiger partial charge in [0.1, 0.15) is 11.3 Å². The van der Waals surface area contributed by atoms with Gasteiger partial charge in [-0.2, -0.15) is 0 Å². The Kier molecular flexibility index (Phi) is 3.76. The number of hydrogen-bond acceptors (Lipinski definition) is 4. The molecule has 0 spiro atoms. The van der Waals surface area contributed by atoms with Gasteiger partial charge in [0.2, 0.25) is 0 Å². The van der Waals surface area contributed by atoms with Gasteiger partial charge in [-0.15, -0.1) is 0 Å². The van der Waals surface area contributed by atoms with Gasteiger partial charge in [-0.3, -0.25) is 10.1 Å². The molecular weight excluding hydrogens is 292 g/mol. The number of fused-ring (bicyclic) bond motifs is 1. The van der Waals surface area contributed by atoms with E-state index in [2.05, 4.69) is 4.98 Å². The number of nitro benzene ring substituents is 1. The Morgan fingerprint density at radius 2 is 1.87 bits per heavy atom. The number of aromatic nitrogens is 1. The minimum Gasteiger partial charge on any atom is -0.506 e. The molecule has 23 heavy (non-hydrogen) atoms. The Labute approximate surface area is 132 Å². The minimum atomic E-state index is -0.414. The van der Waals surface area contributed by atoms with Crippen molar-refractivity contribution in [3.63, 3.8) is 0 Å². The number of benzene rings is 2. The zero-order valence-electron chi connectivity index (χ0n) is 12.4. The third-order valence-electron chi connectivity index (χ3n) is 3.64. The topological polar surface area (TPSA) is 76.3 Å². The lowest BCUT2D eigenvalue weighted by molar-refractivity contribution is -0.385. The Morgan fingerprint density at radius 1 is 1.09 bits per heavy atom. The van der Waals surface area contributed by atoms with E-state index < -0.39 is 4.92 Å². The second-order valence-electron chi connectivity index (χ2n) is 5.18. The van der Waals surface area contributed by atoms with Gasteiger partial charge in [0.25, 0.3) is 5.69 Å². The van der Waals surface area contributed by atoms with E-state index in [0.717, 1.165) is 10.9 Å². The van der Waals surface area contributed by atoms with Crippen molar-refractivity contribution < 1.29 is 10.0 Å². The molecule has 0 bridgehead atoms. The summed E-state index contributed by atoms with van der Waals surface area (Å²) in [6.07, 6.45) is 3.35. The van der Waals surface area contributed by atoms with Crippen molar-refractivity contribution in [2.45, 2.75) is 6.92 Å². The molecule has 0 saturated carbocycles. The lowest BCUT2D eigenvalue weighted by Crippen LogP contribution is -1.90. The number of phenolic OH excluding ortho intramolecular Hbond substituents is 1. The molecule has 5 nitrogen and oxygen atoms in total. The van der Waals surface area contributed by atoms with Gasteiger partial charge in [0, 0.05) is 11.5 Å². The molecule has 3 aromatic rings. The van der Waals surface area contributed by atoms with Crippen molar-refractivity contribution in [2.75, 3.05) is 0 Å². The molecule has 1 aromatic heterocycles. The summed E-state index contributed by atoms with van der Waals surface area (Å²) in [5.41, 5.74) is 2.72. The van der Waals surface area contributed by atoms with Gasteiger partial charge in [-0.05, 0) is 42.8 Å². The molecule has 2 aromatic carbocycles. The largest absolute Gasteiger partial charge is 0.506 e. The SMILES string of the molecule is Cc1ccc(O)c2nc(C=Cc3ccccc3[N+](=O)[O-])ccc12. The van der Waals surface area contributed by atoms with Gasteiger partial charge in [0.05, 0.1) is 16.2 Å². The van der Waals surface area contributed by atoms with Gasteiger partial charge in [0.15, 0.2) is 0 Å². The van der Waals surface area contributed by atoms with Crippen LogP contribution < -0.4 is 0 Å². The van der Waals surface area contributed by atoms with Crippen LogP contribution in [-0.2, 0) is 0 Å². The highest BCUT2D eigenvalue weighted by Crippen LogP contribution is 2.26. The number of hydrogen-bond donors (Lipinski definition) is 1. The van der Waals surface area contributed by atoms with Crippen LogP contribution in [0, 0.1) is 17.0 Å². The van der Waals surface area contributed by atoms with Crippen LogP contribution in [0.3, 0.4) is 0 Å². The van der Waals surface area contributed by atoms with E-state index in [1.807, 2.05) is 25.1 Å². The number of pyridine rings is 1. The van der Waals surface area contributed by atoms with Gasteiger partial charge >= 0.3 is 0 Å². The van der Waals surface area contributed by atoms with Gasteiger partial charge < -0.3 is 5.11 Å². The zero-order valence-corrected chi connectivity index (χ0v) is 12.4. The van der Waals surface area contributed by atoms with E-state index in [4.69, 9.17) is 0 Å². The molecule has 0 saturated heterocycles. The van der Waals surface area contributed by atoms with Gasteiger partial charge in [-0.25, -0.2) is 4.98 Å². The zero-order chi connectivity index (χ0) is 16.4. The maximum absolute atomic E-state index is 11.0. The van der Waals surface area contributed by atoms with Crippen molar-refractivity contribution in [3.8, 4) is 5.75 Å². The quantitative estimate of drug-likeness (QED) is 0.577. The van der Waals surface area contributed by atoms with Crippen molar-refractivity contribution in [3.05, 3.63) is 75.5 Å². The second-order valence-corrected chi connectivity index (χ2v) is 5.18. The first kappa shape index (κ1) is 14.7. The van der Waals surface area contributed by atoms with Gasteiger partial charge in [-0.1, -0.05) is 24.3 Å². The molecule has 0 amide bonds. The number of aromatic hydroxyl groups is 1. The molecule has 0 fully saturated rings. The summed E-state index contributed by atoms with van der Waals surface area (Å²) in [4.78, 5) is 15.0. The average molecular weight is 306 g/mol. The number of nitro groups is 1. The van der Waals surface area contributed by atoms with E-state index in [9.17, 15) is 15.2 Å². The molecule has 0 radical (unpaired) electrons. The minimum absolute atomic E-state index is 0.0447. The standard InChI is InChI=1S/C18H14N2O3/c1-12-6-11-17(21)18-15(12)10-9-14(19-18)8-7-13-4-2-3-5-16(13)20(22)23/h2-11,21H,1H3. The average Bonchev–Trinajstić information content (AvgIpc) is 2.56. The molecule has 5 heteroatoms. The van der Waals surface area contributed by atoms with E-state index in [-0.39, 0.29) is 11.4 Å². The van der Waals surface area contributed by atoms with Crippen molar-refractivity contribution in [1.82, 2.24) is 4.98 Å². The summed E-state index contributed by atoms with van der Waals surface area (Å²) in [5, 5.41) is 21.8. The first-order valence-electron chi connectivity index (χ1n) is 7.07. The smallest absolute Gasteiger partial charge is 0.276 e. The highest BCUT2D eigenvalue weighted by molar-refractivity contribution is 5.88. The summed E-state index contributed by atoms with van der Waals surface area (Å²) in [6, 6.07) is 13.7. The van der Waals surface area contributed by atoms with Crippen molar-refractivity contribution >= 4 is 28.7 Å². The van der Waals surface area contributed by atoms with Crippen LogP contribution in [0.15, 0.2) is 48.5 Å². The molecule has 0 atom stereocenters. The Morgan fingerprint density at radius 3 is 2.65 bits per heavy atom. The number of nitrogens with zero attached hydrogens (tertiary/aromatic N) is 2. The number of phenols is 1. The van der Waals surface area contributed by atoms with Crippen LogP contribution in [0.2, 0.25) is 0 Å². The predicted octanol–water partition coefficient (Wildman–Crippen LogP) is 4.33. The van der Waals surface area contributed by atoms with E-state index in [1.54, 1.807) is 36.4 Å². The normalized spacial score (nSPS) is 11.2. The van der Waals surface area contributed by atoms with Crippen LogP contribution in [0.5, 0.6) is 5.75 Å². The third-order valence-corrected chi connectivity index (χ3v) is 3.64. The predicted molar refractivity (Wildman–Crippen MR) is 90.2 cm³/mol. The van der Waals surface area contributed by atoms with Crippen LogP contribution in [-0.4, -0.2) is 15.0 Å². The molecule has 3 rings (SSSR count). The van der Waals surface area contributed by atoms with Crippen molar-refractivity contribution in [2.24, 2.45) is 0 Å². The molecule has 0 aliphatic heterocycles. The Hall–Kier alpha value is -3.21. The Balaban J connectivity index is 2.02. The number of para-hydroxylation sites is 1. The molecule has 1 heterocycles. The van der Waals surface area contributed by atoms with E-state index in [0.29, 0.717) is 16.8 Å². The lowest BCUT2D eigenvalue weighted by Gasteiger charge is -2.04. The van der Waals surface area contributed by atoms with Crippen LogP contribution in [0.4, 0.5) is 5.69 Å². The van der Waals surface area contributed by atoms with Crippen LogP contribution in [0.25, 0.3) is 23.1 Å². The van der Waals surface area contributed by atoms with E-state index >= 15 is 0 Å². The summed E-state index contributed by atoms with van der Waals surface area (Å²) in [5.74, 6) is 0.117. The molecule has 0 aliphatic rings. The number of rotatable bonds is 3. The second kappa shape index (κ2) is 5.88. The third kappa shape index (κ3) is 2.89. The molecule has 0 aliphatic carbocycles. The highest BCUT2D eigenvalue weighted by Gasteiger charge is 2.09. The Bertz CT molecular complexity index is 933. The lowest BCUT2D eigenvalue weighted by atomic mass is 10.1. The molecule has 114 valence electrons. The highest BCUT2D eigenvalue weighted by atomic mass is 16.6. The molecular formula is C18H14N2O3. The fourth-order valence-electron chi connectivity index (χ4n) is 2.42. The monoisotopic (exact) mass is 306 g/mol. The maximum Gasteiger partial charge on any atom is 0.276 e. The van der Waals surface area contributed by atoms with Crippen LogP contribution >= 0.6 is 0 Å². The van der Waals surface area contributed by atoms with Crippen LogP contribution in [0.1, 0.15) is 16.8 Å². The fourth-order valence-corrected chi connectivity index (χ4v) is 2.42. The van der Waals surface area contributed by atoms with Crippen molar-refractivity contribution in [1.29, 1.82) is 0 Å².